The van der Waals surface area contributed by atoms with E-state index in [0.29, 0.717) is 18.6 Å². The number of sulfonamides is 1. The molecule has 3 saturated carbocycles. The van der Waals surface area contributed by atoms with E-state index in [4.69, 9.17) is 4.74 Å². The smallest absolute Gasteiger partial charge is 0.217 e. The van der Waals surface area contributed by atoms with Crippen LogP contribution < -0.4 is 0 Å². The van der Waals surface area contributed by atoms with Crippen LogP contribution in [0.2, 0.25) is 0 Å². The molecule has 5 atom stereocenters. The van der Waals surface area contributed by atoms with Crippen molar-refractivity contribution in [2.45, 2.75) is 43.3 Å². The van der Waals surface area contributed by atoms with Gasteiger partial charge in [-0.15, -0.1) is 0 Å². The third kappa shape index (κ3) is 2.20. The van der Waals surface area contributed by atoms with Gasteiger partial charge < -0.3 is 4.74 Å². The quantitative estimate of drug-likeness (QED) is 0.789. The minimum atomic E-state index is -3.27. The van der Waals surface area contributed by atoms with Gasteiger partial charge in [-0.2, -0.15) is 0 Å². The van der Waals surface area contributed by atoms with Gasteiger partial charge in [0, 0.05) is 31.9 Å². The SMILES string of the molecule is CN(Cc1cccnc1)S(=O)(=O)[C@@H]1C[C@H]2CC[C@@H]1[C@@H]1O[C@H]21. The fraction of sp³-hybridized carbons (Fsp3) is 0.667. The van der Waals surface area contributed by atoms with Crippen LogP contribution >= 0.6 is 0 Å². The second-order valence-corrected chi connectivity index (χ2v) is 8.76. The predicted octanol–water partition coefficient (Wildman–Crippen LogP) is 1.41. The van der Waals surface area contributed by atoms with Gasteiger partial charge >= 0.3 is 0 Å². The number of hydrogen-bond acceptors (Lipinski definition) is 4. The summed E-state index contributed by atoms with van der Waals surface area (Å²) in [5.41, 5.74) is 0.921. The van der Waals surface area contributed by atoms with Crippen LogP contribution in [0.3, 0.4) is 0 Å². The van der Waals surface area contributed by atoms with Crippen molar-refractivity contribution in [3.63, 3.8) is 0 Å². The highest BCUT2D eigenvalue weighted by Gasteiger charge is 2.62. The molecule has 3 aliphatic carbocycles. The lowest BCUT2D eigenvalue weighted by atomic mass is 9.70. The van der Waals surface area contributed by atoms with Crippen LogP contribution in [0.1, 0.15) is 24.8 Å². The molecule has 2 bridgehead atoms. The molecule has 21 heavy (non-hydrogen) atoms. The van der Waals surface area contributed by atoms with Crippen LogP contribution in [0.15, 0.2) is 24.5 Å². The second-order valence-electron chi connectivity index (χ2n) is 6.50. The zero-order chi connectivity index (χ0) is 14.6. The Morgan fingerprint density at radius 2 is 2.24 bits per heavy atom. The molecule has 0 spiro atoms. The summed E-state index contributed by atoms with van der Waals surface area (Å²) < 4.78 is 33.0. The van der Waals surface area contributed by atoms with Crippen molar-refractivity contribution in [3.8, 4) is 0 Å². The molecular weight excluding hydrogens is 288 g/mol. The van der Waals surface area contributed by atoms with Crippen molar-refractivity contribution in [3.05, 3.63) is 30.1 Å². The Bertz CT molecular complexity index is 634. The lowest BCUT2D eigenvalue weighted by molar-refractivity contribution is 0.216. The summed E-state index contributed by atoms with van der Waals surface area (Å²) in [5.74, 6) is 0.646. The molecule has 0 N–H and O–H groups in total. The van der Waals surface area contributed by atoms with Gasteiger partial charge in [-0.1, -0.05) is 6.07 Å². The Morgan fingerprint density at radius 1 is 1.38 bits per heavy atom. The molecule has 4 fully saturated rings. The monoisotopic (exact) mass is 308 g/mol. The molecule has 0 aromatic carbocycles. The predicted molar refractivity (Wildman–Crippen MR) is 77.9 cm³/mol. The summed E-state index contributed by atoms with van der Waals surface area (Å²) in [7, 11) is -1.60. The van der Waals surface area contributed by atoms with E-state index >= 15 is 0 Å². The van der Waals surface area contributed by atoms with Gasteiger partial charge in [0.25, 0.3) is 0 Å². The van der Waals surface area contributed by atoms with Crippen LogP contribution in [0, 0.1) is 11.8 Å². The van der Waals surface area contributed by atoms with E-state index in [9.17, 15) is 8.42 Å². The van der Waals surface area contributed by atoms with Crippen molar-refractivity contribution >= 4 is 10.0 Å². The molecule has 114 valence electrons. The Kier molecular flexibility index (Phi) is 3.10. The minimum absolute atomic E-state index is 0.196. The zero-order valence-electron chi connectivity index (χ0n) is 12.1. The van der Waals surface area contributed by atoms with Crippen LogP contribution in [-0.4, -0.2) is 42.2 Å². The molecule has 1 aromatic rings. The van der Waals surface area contributed by atoms with Crippen LogP contribution in [0.5, 0.6) is 0 Å². The third-order valence-electron chi connectivity index (χ3n) is 5.28. The zero-order valence-corrected chi connectivity index (χ0v) is 12.9. The largest absolute Gasteiger partial charge is 0.369 e. The highest BCUT2D eigenvalue weighted by Crippen LogP contribution is 2.54. The van der Waals surface area contributed by atoms with Gasteiger partial charge in [0.15, 0.2) is 0 Å². The van der Waals surface area contributed by atoms with Gasteiger partial charge in [-0.3, -0.25) is 4.98 Å². The number of pyridine rings is 1. The van der Waals surface area contributed by atoms with Gasteiger partial charge in [0.2, 0.25) is 10.0 Å². The summed E-state index contributed by atoms with van der Waals surface area (Å²) in [6.07, 6.45) is 6.89. The number of nitrogens with zero attached hydrogens (tertiary/aromatic N) is 2. The van der Waals surface area contributed by atoms with E-state index in [0.717, 1.165) is 24.8 Å². The number of epoxide rings is 1. The van der Waals surface area contributed by atoms with E-state index in [1.807, 2.05) is 12.1 Å². The fourth-order valence-electron chi connectivity index (χ4n) is 4.13. The van der Waals surface area contributed by atoms with Crippen molar-refractivity contribution in [2.24, 2.45) is 11.8 Å². The summed E-state index contributed by atoms with van der Waals surface area (Å²) in [6.45, 7) is 0.388. The van der Waals surface area contributed by atoms with E-state index in [1.54, 1.807) is 19.4 Å². The number of hydrogen-bond donors (Lipinski definition) is 0. The molecule has 5 nitrogen and oxygen atoms in total. The summed E-state index contributed by atoms with van der Waals surface area (Å²) in [5, 5.41) is -0.262. The molecule has 1 saturated heterocycles. The van der Waals surface area contributed by atoms with E-state index in [-0.39, 0.29) is 17.3 Å². The van der Waals surface area contributed by atoms with Gasteiger partial charge in [-0.25, -0.2) is 12.7 Å². The van der Waals surface area contributed by atoms with Gasteiger partial charge in [-0.05, 0) is 36.8 Å². The number of rotatable bonds is 4. The summed E-state index contributed by atoms with van der Waals surface area (Å²) in [6, 6.07) is 3.74. The average molecular weight is 308 g/mol. The van der Waals surface area contributed by atoms with E-state index in [1.165, 1.54) is 4.31 Å². The Balaban J connectivity index is 1.53. The topological polar surface area (TPSA) is 62.8 Å². The van der Waals surface area contributed by atoms with Crippen LogP contribution in [0.25, 0.3) is 0 Å². The van der Waals surface area contributed by atoms with Crippen LogP contribution in [-0.2, 0) is 21.3 Å². The van der Waals surface area contributed by atoms with Crippen molar-refractivity contribution in [2.75, 3.05) is 7.05 Å². The first-order chi connectivity index (χ1) is 10.1. The van der Waals surface area contributed by atoms with Gasteiger partial charge in [0.05, 0.1) is 17.5 Å². The van der Waals surface area contributed by atoms with Gasteiger partial charge in [0.1, 0.15) is 0 Å². The highest BCUT2D eigenvalue weighted by molar-refractivity contribution is 7.89. The second kappa shape index (κ2) is 4.76. The number of fused-ring (bicyclic) bond motifs is 2. The van der Waals surface area contributed by atoms with Crippen LogP contribution in [0.4, 0.5) is 0 Å². The number of aromatic nitrogens is 1. The number of ether oxygens (including phenoxy) is 1. The minimum Gasteiger partial charge on any atom is -0.369 e. The standard InChI is InChI=1S/C15H20N2O3S/c1-17(9-10-3-2-6-16-8-10)21(18,19)13-7-11-4-5-12(13)15-14(11)20-15/h2-3,6,8,11-15H,4-5,7,9H2,1H3/t11-,12+,13-,14-,15+/m1/s1. The lowest BCUT2D eigenvalue weighted by Crippen LogP contribution is -2.49. The molecule has 5 rings (SSSR count). The molecule has 1 aliphatic heterocycles. The molecule has 0 amide bonds. The Morgan fingerprint density at radius 3 is 2.95 bits per heavy atom. The summed E-state index contributed by atoms with van der Waals surface area (Å²) in [4.78, 5) is 4.05. The maximum Gasteiger partial charge on any atom is 0.217 e. The maximum absolute atomic E-state index is 12.9. The first kappa shape index (κ1) is 13.7. The average Bonchev–Trinajstić information content (AvgIpc) is 3.30. The van der Waals surface area contributed by atoms with Crippen molar-refractivity contribution in [1.82, 2.24) is 9.29 Å². The Hall–Kier alpha value is -0.980. The van der Waals surface area contributed by atoms with Crippen molar-refractivity contribution < 1.29 is 13.2 Å². The molecule has 4 aliphatic rings. The maximum atomic E-state index is 12.9. The first-order valence-corrected chi connectivity index (χ1v) is 9.07. The lowest BCUT2D eigenvalue weighted by Gasteiger charge is -2.40. The third-order valence-corrected chi connectivity index (χ3v) is 7.58. The Labute approximate surface area is 125 Å². The molecule has 0 radical (unpaired) electrons. The normalized spacial score (nSPS) is 37.5. The first-order valence-electron chi connectivity index (χ1n) is 7.57. The molecule has 6 heteroatoms. The summed E-state index contributed by atoms with van der Waals surface area (Å²) >= 11 is 0. The molecule has 1 aromatic heterocycles. The molecule has 2 heterocycles. The highest BCUT2D eigenvalue weighted by atomic mass is 32.2. The van der Waals surface area contributed by atoms with E-state index in [2.05, 4.69) is 4.98 Å². The fourth-order valence-corrected chi connectivity index (χ4v) is 6.14. The molecule has 0 unspecified atom stereocenters. The molecular formula is C15H20N2O3S. The van der Waals surface area contributed by atoms with Crippen molar-refractivity contribution in [1.29, 1.82) is 0 Å². The van der Waals surface area contributed by atoms with E-state index < -0.39 is 10.0 Å².